The molecule has 0 N–H and O–H groups in total. The van der Waals surface area contributed by atoms with E-state index in [0.29, 0.717) is 0 Å². The summed E-state index contributed by atoms with van der Waals surface area (Å²) in [4.78, 5) is 4.99. The molecular formula is C25H17N. The van der Waals surface area contributed by atoms with Crippen LogP contribution in [0, 0.1) is 6.92 Å². The van der Waals surface area contributed by atoms with Gasteiger partial charge in [0.1, 0.15) is 0 Å². The summed E-state index contributed by atoms with van der Waals surface area (Å²) in [6.45, 7) is 2.12. The third-order valence-electron chi connectivity index (χ3n) is 5.80. The molecule has 0 unspecified atom stereocenters. The SMILES string of the molecule is Cc1nc2c(c3ccccc13)Cc1cc3c(ccc4ccccc43)cc1-2. The maximum atomic E-state index is 4.99. The number of aromatic nitrogens is 1. The fourth-order valence-corrected chi connectivity index (χ4v) is 4.54. The molecule has 0 spiro atoms. The lowest BCUT2D eigenvalue weighted by Crippen LogP contribution is -1.92. The van der Waals surface area contributed by atoms with Gasteiger partial charge in [-0.15, -0.1) is 0 Å². The molecule has 1 heteroatoms. The Balaban J connectivity index is 1.70. The summed E-state index contributed by atoms with van der Waals surface area (Å²) in [5.41, 5.74) is 6.36. The molecule has 5 aromatic rings. The van der Waals surface area contributed by atoms with Gasteiger partial charge in [-0.3, -0.25) is 4.98 Å². The van der Waals surface area contributed by atoms with Crippen LogP contribution in [-0.4, -0.2) is 4.98 Å². The Hall–Kier alpha value is -3.19. The molecular weight excluding hydrogens is 314 g/mol. The first kappa shape index (κ1) is 14.0. The van der Waals surface area contributed by atoms with E-state index in [-0.39, 0.29) is 0 Å². The number of benzene rings is 4. The minimum absolute atomic E-state index is 0.970. The second kappa shape index (κ2) is 4.92. The summed E-state index contributed by atoms with van der Waals surface area (Å²) >= 11 is 0. The van der Waals surface area contributed by atoms with Crippen molar-refractivity contribution in [2.45, 2.75) is 13.3 Å². The van der Waals surface area contributed by atoms with E-state index >= 15 is 0 Å². The highest BCUT2D eigenvalue weighted by Gasteiger charge is 2.23. The van der Waals surface area contributed by atoms with Crippen LogP contribution in [0.3, 0.4) is 0 Å². The van der Waals surface area contributed by atoms with Gasteiger partial charge in [0.15, 0.2) is 0 Å². The molecule has 0 amide bonds. The molecule has 0 saturated heterocycles. The largest absolute Gasteiger partial charge is 0.252 e. The highest BCUT2D eigenvalue weighted by molar-refractivity contribution is 6.09. The molecule has 0 atom stereocenters. The molecule has 1 nitrogen and oxygen atoms in total. The molecule has 0 aliphatic heterocycles. The lowest BCUT2D eigenvalue weighted by Gasteiger charge is -2.09. The van der Waals surface area contributed by atoms with Crippen molar-refractivity contribution in [2.24, 2.45) is 0 Å². The van der Waals surface area contributed by atoms with E-state index in [1.807, 2.05) is 0 Å². The predicted molar refractivity (Wildman–Crippen MR) is 110 cm³/mol. The summed E-state index contributed by atoms with van der Waals surface area (Å²) in [6.07, 6.45) is 0.970. The Kier molecular flexibility index (Phi) is 2.66. The summed E-state index contributed by atoms with van der Waals surface area (Å²) in [6, 6.07) is 26.5. The van der Waals surface area contributed by atoms with Crippen molar-refractivity contribution in [1.82, 2.24) is 4.98 Å². The fourth-order valence-electron chi connectivity index (χ4n) is 4.54. The van der Waals surface area contributed by atoms with E-state index < -0.39 is 0 Å². The Morgan fingerprint density at radius 3 is 2.31 bits per heavy atom. The maximum Gasteiger partial charge on any atom is 0.0750 e. The third-order valence-corrected chi connectivity index (χ3v) is 5.80. The van der Waals surface area contributed by atoms with Gasteiger partial charge in [0.25, 0.3) is 0 Å². The zero-order valence-electron chi connectivity index (χ0n) is 14.6. The zero-order chi connectivity index (χ0) is 17.3. The fraction of sp³-hybridized carbons (Fsp3) is 0.0800. The summed E-state index contributed by atoms with van der Waals surface area (Å²) in [5, 5.41) is 7.89. The van der Waals surface area contributed by atoms with Crippen molar-refractivity contribution in [2.75, 3.05) is 0 Å². The Morgan fingerprint density at radius 1 is 0.692 bits per heavy atom. The van der Waals surface area contributed by atoms with E-state index in [9.17, 15) is 0 Å². The van der Waals surface area contributed by atoms with Gasteiger partial charge in [-0.1, -0.05) is 60.7 Å². The second-order valence-electron chi connectivity index (χ2n) is 7.26. The van der Waals surface area contributed by atoms with Gasteiger partial charge in [-0.2, -0.15) is 0 Å². The third kappa shape index (κ3) is 1.78. The van der Waals surface area contributed by atoms with Crippen molar-refractivity contribution in [3.63, 3.8) is 0 Å². The molecule has 4 aromatic carbocycles. The summed E-state index contributed by atoms with van der Waals surface area (Å²) in [7, 11) is 0. The van der Waals surface area contributed by atoms with Crippen LogP contribution in [0.2, 0.25) is 0 Å². The van der Waals surface area contributed by atoms with Crippen LogP contribution < -0.4 is 0 Å². The molecule has 0 saturated carbocycles. The van der Waals surface area contributed by atoms with Gasteiger partial charge in [0, 0.05) is 23.1 Å². The van der Waals surface area contributed by atoms with E-state index in [1.165, 1.54) is 54.7 Å². The highest BCUT2D eigenvalue weighted by atomic mass is 14.7. The number of rotatable bonds is 0. The van der Waals surface area contributed by atoms with E-state index in [4.69, 9.17) is 4.98 Å². The molecule has 1 aliphatic carbocycles. The molecule has 6 rings (SSSR count). The number of pyridine rings is 1. The zero-order valence-corrected chi connectivity index (χ0v) is 14.6. The number of hydrogen-bond acceptors (Lipinski definition) is 1. The van der Waals surface area contributed by atoms with Crippen LogP contribution in [0.5, 0.6) is 0 Å². The van der Waals surface area contributed by atoms with Gasteiger partial charge in [-0.25, -0.2) is 0 Å². The number of nitrogens with zero attached hydrogens (tertiary/aromatic N) is 1. The van der Waals surface area contributed by atoms with Gasteiger partial charge in [0.2, 0.25) is 0 Å². The lowest BCUT2D eigenvalue weighted by molar-refractivity contribution is 1.21. The highest BCUT2D eigenvalue weighted by Crippen LogP contribution is 2.42. The Bertz CT molecular complexity index is 1360. The van der Waals surface area contributed by atoms with Crippen LogP contribution >= 0.6 is 0 Å². The molecule has 1 aliphatic rings. The summed E-state index contributed by atoms with van der Waals surface area (Å²) < 4.78 is 0. The number of aryl methyl sites for hydroxylation is 1. The minimum Gasteiger partial charge on any atom is -0.252 e. The lowest BCUT2D eigenvalue weighted by atomic mass is 9.97. The minimum atomic E-state index is 0.970. The average molecular weight is 331 g/mol. The van der Waals surface area contributed by atoms with E-state index in [1.54, 1.807) is 0 Å². The Labute approximate surface area is 151 Å². The molecule has 1 heterocycles. The first-order valence-electron chi connectivity index (χ1n) is 9.12. The standard InChI is InChI=1S/C25H17N/c1-15-19-7-4-5-9-21(19)24-14-18-13-22-17(12-23(18)25(24)26-15)11-10-16-6-2-3-8-20(16)22/h2-13H,14H2,1H3. The molecule has 26 heavy (non-hydrogen) atoms. The molecule has 0 fully saturated rings. The normalized spacial score (nSPS) is 12.7. The van der Waals surface area contributed by atoms with Crippen LogP contribution in [0.25, 0.3) is 43.6 Å². The first-order chi connectivity index (χ1) is 12.8. The van der Waals surface area contributed by atoms with Gasteiger partial charge < -0.3 is 0 Å². The van der Waals surface area contributed by atoms with Gasteiger partial charge >= 0.3 is 0 Å². The van der Waals surface area contributed by atoms with Crippen molar-refractivity contribution in [3.05, 3.63) is 89.6 Å². The number of hydrogen-bond donors (Lipinski definition) is 0. The maximum absolute atomic E-state index is 4.99. The molecule has 0 radical (unpaired) electrons. The second-order valence-corrected chi connectivity index (χ2v) is 7.26. The first-order valence-corrected chi connectivity index (χ1v) is 9.12. The molecule has 1 aromatic heterocycles. The van der Waals surface area contributed by atoms with Crippen LogP contribution in [0.1, 0.15) is 16.8 Å². The quantitative estimate of drug-likeness (QED) is 0.293. The average Bonchev–Trinajstić information content (AvgIpc) is 3.04. The predicted octanol–water partition coefficient (Wildman–Crippen LogP) is 6.42. The van der Waals surface area contributed by atoms with Gasteiger partial charge in [-0.05, 0) is 57.1 Å². The van der Waals surface area contributed by atoms with Crippen molar-refractivity contribution in [1.29, 1.82) is 0 Å². The van der Waals surface area contributed by atoms with Crippen molar-refractivity contribution < 1.29 is 0 Å². The Morgan fingerprint density at radius 2 is 1.42 bits per heavy atom. The smallest absolute Gasteiger partial charge is 0.0750 e. The molecule has 122 valence electrons. The van der Waals surface area contributed by atoms with E-state index in [2.05, 4.69) is 79.7 Å². The monoisotopic (exact) mass is 331 g/mol. The van der Waals surface area contributed by atoms with Crippen LogP contribution in [-0.2, 0) is 6.42 Å². The van der Waals surface area contributed by atoms with Crippen LogP contribution in [0.15, 0.2) is 72.8 Å². The van der Waals surface area contributed by atoms with Crippen LogP contribution in [0.4, 0.5) is 0 Å². The van der Waals surface area contributed by atoms with E-state index in [0.717, 1.165) is 12.1 Å². The van der Waals surface area contributed by atoms with Crippen molar-refractivity contribution in [3.8, 4) is 11.3 Å². The number of fused-ring (bicyclic) bond motifs is 8. The topological polar surface area (TPSA) is 12.9 Å². The van der Waals surface area contributed by atoms with Crippen molar-refractivity contribution >= 4 is 32.3 Å². The molecule has 0 bridgehead atoms. The summed E-state index contributed by atoms with van der Waals surface area (Å²) in [5.74, 6) is 0. The van der Waals surface area contributed by atoms with Gasteiger partial charge in [0.05, 0.1) is 5.69 Å².